The maximum atomic E-state index is 13.2. The van der Waals surface area contributed by atoms with Gasteiger partial charge in [0.15, 0.2) is 9.84 Å². The molecular weight excluding hydrogens is 425 g/mol. The molecular formula is C18H17BrFNO2S2. The van der Waals surface area contributed by atoms with Crippen LogP contribution in [0.1, 0.15) is 4.88 Å². The van der Waals surface area contributed by atoms with Gasteiger partial charge in [0.05, 0.1) is 4.90 Å². The number of hydrogen-bond donors (Lipinski definition) is 1. The molecule has 3 nitrogen and oxygen atoms in total. The van der Waals surface area contributed by atoms with Gasteiger partial charge in [0.25, 0.3) is 0 Å². The van der Waals surface area contributed by atoms with Gasteiger partial charge in [0.2, 0.25) is 0 Å². The number of thiophene rings is 1. The molecule has 0 saturated carbocycles. The van der Waals surface area contributed by atoms with Gasteiger partial charge in [0.1, 0.15) is 5.82 Å². The van der Waals surface area contributed by atoms with Crippen LogP contribution in [0.5, 0.6) is 0 Å². The molecule has 0 atom stereocenters. The van der Waals surface area contributed by atoms with Crippen molar-refractivity contribution in [3.8, 4) is 21.6 Å². The third-order valence-corrected chi connectivity index (χ3v) is 6.02. The summed E-state index contributed by atoms with van der Waals surface area (Å²) >= 11 is 1.56. The first-order valence-electron chi connectivity index (χ1n) is 7.27. The minimum Gasteiger partial charge on any atom is -0.326 e. The van der Waals surface area contributed by atoms with E-state index in [1.165, 1.54) is 18.4 Å². The zero-order valence-corrected chi connectivity index (χ0v) is 16.7. The molecule has 2 N–H and O–H groups in total. The standard InChI is InChI=1S/C18H16FNO2S2.BrH/c1-24(21,22)16-8-4-12(5-9-16)17-10-15(11-20)23-18(17)13-2-6-14(19)7-3-13;/h2-10H,11,20H2,1H3;1H. The average Bonchev–Trinajstić information content (AvgIpc) is 2.99. The molecule has 0 unspecified atom stereocenters. The quantitative estimate of drug-likeness (QED) is 0.640. The molecule has 0 saturated heterocycles. The molecule has 0 amide bonds. The maximum Gasteiger partial charge on any atom is 0.175 e. The topological polar surface area (TPSA) is 60.2 Å². The summed E-state index contributed by atoms with van der Waals surface area (Å²) in [6.07, 6.45) is 1.18. The highest BCUT2D eigenvalue weighted by Crippen LogP contribution is 2.39. The van der Waals surface area contributed by atoms with E-state index in [9.17, 15) is 12.8 Å². The Morgan fingerprint density at radius 1 is 1.00 bits per heavy atom. The average molecular weight is 442 g/mol. The third-order valence-electron chi connectivity index (χ3n) is 3.68. The molecule has 7 heteroatoms. The molecule has 3 aromatic rings. The minimum atomic E-state index is -3.23. The van der Waals surface area contributed by atoms with Gasteiger partial charge < -0.3 is 5.73 Å². The van der Waals surface area contributed by atoms with Crippen LogP contribution >= 0.6 is 28.3 Å². The Morgan fingerprint density at radius 2 is 1.56 bits per heavy atom. The zero-order valence-electron chi connectivity index (χ0n) is 13.4. The Kier molecular flexibility index (Phi) is 6.16. The fraction of sp³-hybridized carbons (Fsp3) is 0.111. The lowest BCUT2D eigenvalue weighted by Gasteiger charge is -2.06. The van der Waals surface area contributed by atoms with Crippen molar-refractivity contribution in [3.05, 3.63) is 65.3 Å². The predicted octanol–water partition coefficient (Wildman–Crippen LogP) is 4.66. The lowest BCUT2D eigenvalue weighted by atomic mass is 10.0. The molecule has 1 aromatic heterocycles. The lowest BCUT2D eigenvalue weighted by Crippen LogP contribution is -1.96. The van der Waals surface area contributed by atoms with Crippen LogP contribution in [0.4, 0.5) is 4.39 Å². The SMILES string of the molecule is Br.CS(=O)(=O)c1ccc(-c2cc(CN)sc2-c2ccc(F)cc2)cc1. The Balaban J connectivity index is 0.00000225. The Hall–Kier alpha value is -1.54. The van der Waals surface area contributed by atoms with Crippen molar-refractivity contribution in [2.75, 3.05) is 6.26 Å². The zero-order chi connectivity index (χ0) is 17.3. The van der Waals surface area contributed by atoms with Gasteiger partial charge in [-0.2, -0.15) is 0 Å². The van der Waals surface area contributed by atoms with Crippen LogP contribution in [0.15, 0.2) is 59.5 Å². The predicted molar refractivity (Wildman–Crippen MR) is 106 cm³/mol. The van der Waals surface area contributed by atoms with Crippen LogP contribution in [0.25, 0.3) is 21.6 Å². The summed E-state index contributed by atoms with van der Waals surface area (Å²) in [7, 11) is -3.23. The van der Waals surface area contributed by atoms with Gasteiger partial charge in [-0.25, -0.2) is 12.8 Å². The second-order valence-corrected chi connectivity index (χ2v) is 8.62. The first-order valence-corrected chi connectivity index (χ1v) is 9.98. The summed E-state index contributed by atoms with van der Waals surface area (Å²) in [6.45, 7) is 0.417. The van der Waals surface area contributed by atoms with E-state index < -0.39 is 9.84 Å². The van der Waals surface area contributed by atoms with Crippen LogP contribution in [0.2, 0.25) is 0 Å². The van der Waals surface area contributed by atoms with Gasteiger partial charge in [-0.15, -0.1) is 28.3 Å². The number of nitrogens with two attached hydrogens (primary N) is 1. The Labute approximate surface area is 161 Å². The van der Waals surface area contributed by atoms with Crippen LogP contribution in [0.3, 0.4) is 0 Å². The van der Waals surface area contributed by atoms with Gasteiger partial charge in [0, 0.05) is 28.1 Å². The fourth-order valence-electron chi connectivity index (χ4n) is 2.45. The normalized spacial score (nSPS) is 11.2. The van der Waals surface area contributed by atoms with Crippen molar-refractivity contribution in [1.82, 2.24) is 0 Å². The minimum absolute atomic E-state index is 0. The Morgan fingerprint density at radius 3 is 2.08 bits per heavy atom. The van der Waals surface area contributed by atoms with Crippen molar-refractivity contribution in [2.45, 2.75) is 11.4 Å². The second-order valence-electron chi connectivity index (χ2n) is 5.46. The van der Waals surface area contributed by atoms with E-state index in [1.807, 2.05) is 6.07 Å². The largest absolute Gasteiger partial charge is 0.326 e. The monoisotopic (exact) mass is 441 g/mol. The highest BCUT2D eigenvalue weighted by Gasteiger charge is 2.14. The van der Waals surface area contributed by atoms with Gasteiger partial charge in [-0.1, -0.05) is 24.3 Å². The first kappa shape index (κ1) is 19.8. The molecule has 2 aromatic carbocycles. The van der Waals surface area contributed by atoms with E-state index in [-0.39, 0.29) is 27.7 Å². The van der Waals surface area contributed by atoms with E-state index in [0.29, 0.717) is 6.54 Å². The van der Waals surface area contributed by atoms with Crippen molar-refractivity contribution in [3.63, 3.8) is 0 Å². The molecule has 0 radical (unpaired) electrons. The van der Waals surface area contributed by atoms with Gasteiger partial charge >= 0.3 is 0 Å². The summed E-state index contributed by atoms with van der Waals surface area (Å²) in [4.78, 5) is 2.28. The Bertz CT molecular complexity index is 965. The molecule has 0 aliphatic rings. The summed E-state index contributed by atoms with van der Waals surface area (Å²) in [6, 6.07) is 15.1. The molecule has 3 rings (SSSR count). The van der Waals surface area contributed by atoms with Crippen molar-refractivity contribution < 1.29 is 12.8 Å². The van der Waals surface area contributed by atoms with Crippen LogP contribution in [-0.2, 0) is 16.4 Å². The molecule has 0 bridgehead atoms. The van der Waals surface area contributed by atoms with Gasteiger partial charge in [-0.05, 0) is 41.5 Å². The van der Waals surface area contributed by atoms with E-state index in [4.69, 9.17) is 5.73 Å². The van der Waals surface area contributed by atoms with E-state index in [2.05, 4.69) is 0 Å². The van der Waals surface area contributed by atoms with Crippen LogP contribution in [-0.4, -0.2) is 14.7 Å². The van der Waals surface area contributed by atoms with Crippen molar-refractivity contribution >= 4 is 38.2 Å². The number of benzene rings is 2. The number of sulfone groups is 1. The highest BCUT2D eigenvalue weighted by molar-refractivity contribution is 8.93. The molecule has 0 spiro atoms. The lowest BCUT2D eigenvalue weighted by molar-refractivity contribution is 0.602. The van der Waals surface area contributed by atoms with E-state index in [1.54, 1.807) is 47.7 Å². The molecule has 1 heterocycles. The number of halogens is 2. The second kappa shape index (κ2) is 7.78. The van der Waals surface area contributed by atoms with E-state index in [0.717, 1.165) is 26.4 Å². The molecule has 0 aliphatic carbocycles. The molecule has 0 fully saturated rings. The number of hydrogen-bond acceptors (Lipinski definition) is 4. The maximum absolute atomic E-state index is 13.2. The third kappa shape index (κ3) is 4.36. The molecule has 132 valence electrons. The van der Waals surface area contributed by atoms with Crippen molar-refractivity contribution in [2.24, 2.45) is 5.73 Å². The summed E-state index contributed by atoms with van der Waals surface area (Å²) in [5.74, 6) is -0.284. The fourth-order valence-corrected chi connectivity index (χ4v) is 4.15. The highest BCUT2D eigenvalue weighted by atomic mass is 79.9. The first-order chi connectivity index (χ1) is 11.4. The van der Waals surface area contributed by atoms with Gasteiger partial charge in [-0.3, -0.25) is 0 Å². The van der Waals surface area contributed by atoms with Crippen LogP contribution < -0.4 is 5.73 Å². The van der Waals surface area contributed by atoms with Crippen molar-refractivity contribution in [1.29, 1.82) is 0 Å². The molecule has 0 aliphatic heterocycles. The summed E-state index contributed by atoms with van der Waals surface area (Å²) in [5, 5.41) is 0. The summed E-state index contributed by atoms with van der Waals surface area (Å²) in [5.41, 5.74) is 8.54. The van der Waals surface area contributed by atoms with E-state index >= 15 is 0 Å². The molecule has 25 heavy (non-hydrogen) atoms. The number of rotatable bonds is 4. The summed E-state index contributed by atoms with van der Waals surface area (Å²) < 4.78 is 36.4. The smallest absolute Gasteiger partial charge is 0.175 e. The van der Waals surface area contributed by atoms with Crippen LogP contribution in [0, 0.1) is 5.82 Å².